The van der Waals surface area contributed by atoms with Crippen LogP contribution in [0.25, 0.3) is 0 Å². The van der Waals surface area contributed by atoms with Crippen molar-refractivity contribution in [3.8, 4) is 0 Å². The molecule has 1 fully saturated rings. The summed E-state index contributed by atoms with van der Waals surface area (Å²) in [6.07, 6.45) is 0. The van der Waals surface area contributed by atoms with Crippen LogP contribution in [0.5, 0.6) is 0 Å². The third kappa shape index (κ3) is 3.30. The van der Waals surface area contributed by atoms with Crippen molar-refractivity contribution in [1.82, 2.24) is 10.0 Å². The average Bonchev–Trinajstić information content (AvgIpc) is 2.48. The van der Waals surface area contributed by atoms with Crippen LogP contribution >= 0.6 is 0 Å². The molecule has 1 aliphatic heterocycles. The van der Waals surface area contributed by atoms with Gasteiger partial charge in [0.15, 0.2) is 5.84 Å². The van der Waals surface area contributed by atoms with Gasteiger partial charge in [0.1, 0.15) is 5.57 Å². The van der Waals surface area contributed by atoms with E-state index in [4.69, 9.17) is 5.41 Å². The van der Waals surface area contributed by atoms with E-state index in [0.29, 0.717) is 0 Å². The number of carbonyl (C=O) groups excluding carboxylic acids is 1. The number of amides is 1. The fraction of sp³-hybridized carbons (Fsp3) is 0.692. The molecule has 0 spiro atoms. The van der Waals surface area contributed by atoms with Crippen molar-refractivity contribution in [1.29, 1.82) is 5.41 Å². The molecule has 108 valence electrons. The second kappa shape index (κ2) is 5.95. The topological polar surface area (TPSA) is 79.7 Å². The predicted octanol–water partition coefficient (Wildman–Crippen LogP) is -2.16. The van der Waals surface area contributed by atoms with Gasteiger partial charge in [0.25, 0.3) is 5.91 Å². The van der Waals surface area contributed by atoms with E-state index >= 15 is 0 Å². The molecule has 0 aromatic heterocycles. The van der Waals surface area contributed by atoms with Gasteiger partial charge in [-0.2, -0.15) is 0 Å². The van der Waals surface area contributed by atoms with Crippen LogP contribution in [0, 0.1) is 5.41 Å². The molecule has 0 saturated carbocycles. The van der Waals surface area contributed by atoms with Gasteiger partial charge < -0.3 is 9.84 Å². The monoisotopic (exact) mass is 291 g/mol. The molecule has 0 unspecified atom stereocenters. The Morgan fingerprint density at radius 1 is 1.10 bits per heavy atom. The molecule has 7 heteroatoms. The standard InChI is InChI=1S/C13H23N3O3.Na/c1-12(2,3)15-9(14)8(11(18)19-7)10(17)16(15)13(4,5)6;/h14,18H,1-7H3;/q;+1/p-1/b11-8+,14-9?;. The van der Waals surface area contributed by atoms with Gasteiger partial charge in [0, 0.05) is 0 Å². The SMILES string of the molecule is CO/C([O-])=C1\C(=N)N(C(C)(C)C)N(C(C)(C)C)C1=O.[Na+]. The first-order valence-corrected chi connectivity index (χ1v) is 6.12. The third-order valence-electron chi connectivity index (χ3n) is 2.72. The zero-order valence-corrected chi connectivity index (χ0v) is 15.6. The average molecular weight is 291 g/mol. The van der Waals surface area contributed by atoms with Gasteiger partial charge in [-0.25, -0.2) is 5.01 Å². The molecule has 1 rings (SSSR count). The van der Waals surface area contributed by atoms with Crippen LogP contribution in [0.4, 0.5) is 0 Å². The molecular formula is C13H22N3NaO3. The molecule has 0 aromatic carbocycles. The van der Waals surface area contributed by atoms with Crippen molar-refractivity contribution in [3.05, 3.63) is 11.5 Å². The number of nitrogens with one attached hydrogen (secondary N) is 1. The number of rotatable bonds is 1. The smallest absolute Gasteiger partial charge is 0.616 e. The number of methoxy groups -OCH3 is 1. The van der Waals surface area contributed by atoms with Gasteiger partial charge in [-0.3, -0.25) is 15.2 Å². The molecule has 6 nitrogen and oxygen atoms in total. The van der Waals surface area contributed by atoms with Crippen molar-refractivity contribution in [2.24, 2.45) is 0 Å². The van der Waals surface area contributed by atoms with Crippen LogP contribution in [0.15, 0.2) is 11.5 Å². The Morgan fingerprint density at radius 3 is 1.75 bits per heavy atom. The second-order valence-corrected chi connectivity index (χ2v) is 6.49. The van der Waals surface area contributed by atoms with Gasteiger partial charge >= 0.3 is 29.6 Å². The Kier molecular flexibility index (Phi) is 5.74. The van der Waals surface area contributed by atoms with Crippen molar-refractivity contribution in [3.63, 3.8) is 0 Å². The molecule has 1 aliphatic rings. The Bertz CT molecular complexity index is 413. The van der Waals surface area contributed by atoms with Gasteiger partial charge in [-0.1, -0.05) is 0 Å². The van der Waals surface area contributed by atoms with Crippen molar-refractivity contribution in [2.75, 3.05) is 7.11 Å². The molecule has 1 heterocycles. The van der Waals surface area contributed by atoms with E-state index in [1.807, 2.05) is 41.5 Å². The fourth-order valence-electron chi connectivity index (χ4n) is 2.03. The van der Waals surface area contributed by atoms with E-state index < -0.39 is 22.9 Å². The summed E-state index contributed by atoms with van der Waals surface area (Å²) in [6, 6.07) is 0. The molecule has 0 atom stereocenters. The maximum Gasteiger partial charge on any atom is 1.00 e. The van der Waals surface area contributed by atoms with E-state index in [2.05, 4.69) is 4.74 Å². The van der Waals surface area contributed by atoms with Crippen LogP contribution in [0.1, 0.15) is 41.5 Å². The Balaban J connectivity index is 0.00000361. The number of hydrogen-bond acceptors (Lipinski definition) is 4. The van der Waals surface area contributed by atoms with Crippen molar-refractivity contribution >= 4 is 11.7 Å². The molecule has 0 radical (unpaired) electrons. The summed E-state index contributed by atoms with van der Waals surface area (Å²) >= 11 is 0. The van der Waals surface area contributed by atoms with Crippen LogP contribution in [0.2, 0.25) is 0 Å². The number of hydrogen-bond donors (Lipinski definition) is 1. The molecule has 0 aromatic rings. The van der Waals surface area contributed by atoms with Crippen LogP contribution in [-0.2, 0) is 9.53 Å². The van der Waals surface area contributed by atoms with E-state index in [-0.39, 0.29) is 41.0 Å². The number of hydrazine groups is 1. The Hall–Kier alpha value is -0.720. The molecule has 0 bridgehead atoms. The summed E-state index contributed by atoms with van der Waals surface area (Å²) in [5.41, 5.74) is -1.24. The summed E-state index contributed by atoms with van der Waals surface area (Å²) in [4.78, 5) is 12.4. The van der Waals surface area contributed by atoms with E-state index in [9.17, 15) is 9.90 Å². The maximum atomic E-state index is 12.4. The minimum Gasteiger partial charge on any atom is -0.616 e. The number of nitrogens with zero attached hydrogens (tertiary/aromatic N) is 2. The van der Waals surface area contributed by atoms with Crippen LogP contribution in [0.3, 0.4) is 0 Å². The molecular weight excluding hydrogens is 269 g/mol. The molecule has 1 amide bonds. The largest absolute Gasteiger partial charge is 1.00 e. The van der Waals surface area contributed by atoms with E-state index in [0.717, 1.165) is 0 Å². The first-order chi connectivity index (χ1) is 8.42. The van der Waals surface area contributed by atoms with Crippen LogP contribution in [-0.4, -0.2) is 39.9 Å². The first-order valence-electron chi connectivity index (χ1n) is 6.12. The molecule has 1 saturated heterocycles. The fourth-order valence-corrected chi connectivity index (χ4v) is 2.03. The first kappa shape index (κ1) is 19.3. The summed E-state index contributed by atoms with van der Waals surface area (Å²) in [7, 11) is 1.21. The third-order valence-corrected chi connectivity index (χ3v) is 2.72. The number of carbonyl (C=O) groups is 1. The van der Waals surface area contributed by atoms with Crippen molar-refractivity contribution < 1.29 is 44.2 Å². The Labute approximate surface area is 142 Å². The predicted molar refractivity (Wildman–Crippen MR) is 70.0 cm³/mol. The van der Waals surface area contributed by atoms with E-state index in [1.165, 1.54) is 12.1 Å². The minimum atomic E-state index is -0.768. The Morgan fingerprint density at radius 2 is 1.50 bits per heavy atom. The zero-order chi connectivity index (χ0) is 15.2. The summed E-state index contributed by atoms with van der Waals surface area (Å²) in [6.45, 7) is 11.2. The molecule has 1 N–H and O–H groups in total. The number of amidine groups is 1. The normalized spacial score (nSPS) is 19.1. The van der Waals surface area contributed by atoms with E-state index in [1.54, 1.807) is 5.01 Å². The van der Waals surface area contributed by atoms with Gasteiger partial charge in [0.05, 0.1) is 17.0 Å². The quantitative estimate of drug-likeness (QED) is 0.339. The molecule has 20 heavy (non-hydrogen) atoms. The van der Waals surface area contributed by atoms with Gasteiger partial charge in [0.2, 0.25) is 0 Å². The molecule has 0 aliphatic carbocycles. The summed E-state index contributed by atoms with van der Waals surface area (Å²) in [5, 5.41) is 22.8. The minimum absolute atomic E-state index is 0. The van der Waals surface area contributed by atoms with Gasteiger partial charge in [-0.05, 0) is 48.7 Å². The van der Waals surface area contributed by atoms with Crippen molar-refractivity contribution in [2.45, 2.75) is 52.6 Å². The second-order valence-electron chi connectivity index (χ2n) is 6.49. The zero-order valence-electron chi connectivity index (χ0n) is 13.6. The van der Waals surface area contributed by atoms with Crippen LogP contribution < -0.4 is 34.7 Å². The van der Waals surface area contributed by atoms with Gasteiger partial charge in [-0.15, -0.1) is 0 Å². The number of ether oxygens (including phenoxy) is 1. The summed E-state index contributed by atoms with van der Waals surface area (Å²) in [5.74, 6) is -1.37. The summed E-state index contributed by atoms with van der Waals surface area (Å²) < 4.78 is 4.61. The maximum absolute atomic E-state index is 12.4.